The van der Waals surface area contributed by atoms with Crippen molar-refractivity contribution in [3.8, 4) is 5.75 Å². The topological polar surface area (TPSA) is 58.0 Å². The molecule has 0 spiro atoms. The number of phenolic OH excluding ortho intramolecular Hbond substituents is 1. The van der Waals surface area contributed by atoms with E-state index in [1.807, 2.05) is 12.1 Å². The van der Waals surface area contributed by atoms with E-state index >= 15 is 0 Å². The molecule has 0 bridgehead atoms. The van der Waals surface area contributed by atoms with Crippen LogP contribution in [0.1, 0.15) is 17.2 Å². The van der Waals surface area contributed by atoms with Gasteiger partial charge in [-0.3, -0.25) is 4.98 Å². The minimum atomic E-state index is -0.655. The van der Waals surface area contributed by atoms with Gasteiger partial charge < -0.3 is 10.4 Å². The number of halogens is 4. The van der Waals surface area contributed by atoms with Crippen molar-refractivity contribution >= 4 is 51.5 Å². The Labute approximate surface area is 180 Å². The first-order valence-electron chi connectivity index (χ1n) is 8.53. The quantitative estimate of drug-likeness (QED) is 0.367. The summed E-state index contributed by atoms with van der Waals surface area (Å²) in [5, 5.41) is 15.5. The Bertz CT molecular complexity index is 1220. The highest BCUT2D eigenvalue weighted by molar-refractivity contribution is 6.42. The first-order chi connectivity index (χ1) is 13.9. The van der Waals surface area contributed by atoms with Crippen LogP contribution >= 0.6 is 34.8 Å². The Morgan fingerprint density at radius 1 is 0.931 bits per heavy atom. The molecule has 4 aromatic rings. The smallest absolute Gasteiger partial charge is 0.147 e. The third kappa shape index (κ3) is 3.94. The number of aromatic hydroxyl groups is 1. The molecule has 1 atom stereocenters. The van der Waals surface area contributed by atoms with Gasteiger partial charge in [-0.15, -0.1) is 0 Å². The van der Waals surface area contributed by atoms with E-state index in [-0.39, 0.29) is 10.8 Å². The fourth-order valence-corrected chi connectivity index (χ4v) is 3.42. The molecule has 0 aliphatic carbocycles. The number of hydrogen-bond donors (Lipinski definition) is 2. The molecule has 29 heavy (non-hydrogen) atoms. The number of rotatable bonds is 4. The van der Waals surface area contributed by atoms with E-state index in [0.29, 0.717) is 32.5 Å². The predicted octanol–water partition coefficient (Wildman–Crippen LogP) is 6.64. The highest BCUT2D eigenvalue weighted by atomic mass is 35.5. The van der Waals surface area contributed by atoms with Gasteiger partial charge in [-0.2, -0.15) is 0 Å². The number of pyridine rings is 2. The largest absolute Gasteiger partial charge is 0.505 e. The van der Waals surface area contributed by atoms with Crippen LogP contribution in [0.2, 0.25) is 15.1 Å². The zero-order valence-electron chi connectivity index (χ0n) is 14.7. The molecule has 4 nitrogen and oxygen atoms in total. The number of benzene rings is 2. The monoisotopic (exact) mass is 447 g/mol. The molecule has 4 rings (SSSR count). The van der Waals surface area contributed by atoms with Gasteiger partial charge in [0.25, 0.3) is 0 Å². The van der Waals surface area contributed by atoms with Crippen LogP contribution in [0.3, 0.4) is 0 Å². The zero-order chi connectivity index (χ0) is 20.5. The molecule has 0 radical (unpaired) electrons. The molecule has 0 saturated carbocycles. The van der Waals surface area contributed by atoms with Gasteiger partial charge in [0, 0.05) is 29.4 Å². The minimum Gasteiger partial charge on any atom is -0.505 e. The number of aromatic nitrogens is 2. The number of nitrogens with one attached hydrogen (secondary N) is 1. The van der Waals surface area contributed by atoms with E-state index in [1.54, 1.807) is 30.5 Å². The Morgan fingerprint density at radius 3 is 2.52 bits per heavy atom. The van der Waals surface area contributed by atoms with Crippen molar-refractivity contribution in [2.45, 2.75) is 6.04 Å². The van der Waals surface area contributed by atoms with Crippen molar-refractivity contribution in [2.24, 2.45) is 0 Å². The van der Waals surface area contributed by atoms with E-state index < -0.39 is 11.9 Å². The maximum Gasteiger partial charge on any atom is 0.147 e. The van der Waals surface area contributed by atoms with Crippen LogP contribution in [0.15, 0.2) is 60.9 Å². The lowest BCUT2D eigenvalue weighted by molar-refractivity contribution is 0.471. The van der Waals surface area contributed by atoms with Crippen molar-refractivity contribution in [3.05, 3.63) is 92.9 Å². The van der Waals surface area contributed by atoms with Crippen LogP contribution in [-0.2, 0) is 0 Å². The van der Waals surface area contributed by atoms with Crippen LogP contribution in [0, 0.1) is 5.82 Å². The number of hydrogen-bond acceptors (Lipinski definition) is 4. The van der Waals surface area contributed by atoms with Gasteiger partial charge in [0.15, 0.2) is 0 Å². The van der Waals surface area contributed by atoms with Crippen LogP contribution < -0.4 is 5.32 Å². The maximum absolute atomic E-state index is 14.2. The standard InChI is InChI=1S/C21H13Cl3FN3O/c22-14-6-4-12(8-17(14)25)19(28-18-9-15(23)16(24)10-27-18)13-5-3-11-2-1-7-26-20(11)21(13)29/h1-10,19,29H,(H,27,28). The van der Waals surface area contributed by atoms with Crippen LogP contribution in [-0.4, -0.2) is 15.1 Å². The van der Waals surface area contributed by atoms with Crippen molar-refractivity contribution in [1.82, 2.24) is 9.97 Å². The fourth-order valence-electron chi connectivity index (χ4n) is 3.05. The summed E-state index contributed by atoms with van der Waals surface area (Å²) in [6.45, 7) is 0. The molecule has 1 unspecified atom stereocenters. The van der Waals surface area contributed by atoms with Crippen LogP contribution in [0.25, 0.3) is 10.9 Å². The second-order valence-corrected chi connectivity index (χ2v) is 7.53. The van der Waals surface area contributed by atoms with Gasteiger partial charge >= 0.3 is 0 Å². The highest BCUT2D eigenvalue weighted by Gasteiger charge is 2.22. The SMILES string of the molecule is Oc1c(C(Nc2cc(Cl)c(Cl)cn2)c2ccc(Cl)c(F)c2)ccc2cccnc12. The van der Waals surface area contributed by atoms with E-state index in [1.165, 1.54) is 18.3 Å². The molecule has 2 aromatic carbocycles. The Kier molecular flexibility index (Phi) is 5.46. The molecule has 2 N–H and O–H groups in total. The summed E-state index contributed by atoms with van der Waals surface area (Å²) in [6, 6.07) is 12.5. The lowest BCUT2D eigenvalue weighted by atomic mass is 9.96. The summed E-state index contributed by atoms with van der Waals surface area (Å²) >= 11 is 17.9. The van der Waals surface area contributed by atoms with E-state index in [0.717, 1.165) is 5.39 Å². The van der Waals surface area contributed by atoms with Gasteiger partial charge in [-0.05, 0) is 23.8 Å². The van der Waals surface area contributed by atoms with Gasteiger partial charge in [0.2, 0.25) is 0 Å². The second kappa shape index (κ2) is 8.03. The second-order valence-electron chi connectivity index (χ2n) is 6.31. The molecule has 8 heteroatoms. The van der Waals surface area contributed by atoms with Crippen molar-refractivity contribution in [3.63, 3.8) is 0 Å². The summed E-state index contributed by atoms with van der Waals surface area (Å²) in [6.07, 6.45) is 3.00. The third-order valence-electron chi connectivity index (χ3n) is 4.47. The predicted molar refractivity (Wildman–Crippen MR) is 115 cm³/mol. The Balaban J connectivity index is 1.86. The Morgan fingerprint density at radius 2 is 1.76 bits per heavy atom. The average Bonchev–Trinajstić information content (AvgIpc) is 2.72. The number of nitrogens with zero attached hydrogens (tertiary/aromatic N) is 2. The fraction of sp³-hybridized carbons (Fsp3) is 0.0476. The molecule has 0 saturated heterocycles. The average molecular weight is 449 g/mol. The van der Waals surface area contributed by atoms with Crippen LogP contribution in [0.5, 0.6) is 5.75 Å². The third-order valence-corrected chi connectivity index (χ3v) is 5.49. The molecule has 0 fully saturated rings. The van der Waals surface area contributed by atoms with Gasteiger partial charge in [0.1, 0.15) is 22.9 Å². The molecule has 2 heterocycles. The molecule has 0 amide bonds. The summed E-state index contributed by atoms with van der Waals surface area (Å²) in [5.41, 5.74) is 1.46. The summed E-state index contributed by atoms with van der Waals surface area (Å²) in [4.78, 5) is 8.47. The maximum atomic E-state index is 14.2. The molecular weight excluding hydrogens is 436 g/mol. The zero-order valence-corrected chi connectivity index (χ0v) is 17.0. The minimum absolute atomic E-state index is 0.00422. The van der Waals surface area contributed by atoms with E-state index in [2.05, 4.69) is 15.3 Å². The summed E-state index contributed by atoms with van der Waals surface area (Å²) in [5.74, 6) is -0.187. The number of fused-ring (bicyclic) bond motifs is 1. The van der Waals surface area contributed by atoms with Gasteiger partial charge in [-0.1, -0.05) is 59.1 Å². The molecule has 0 aliphatic rings. The molecule has 146 valence electrons. The van der Waals surface area contributed by atoms with Crippen molar-refractivity contribution in [1.29, 1.82) is 0 Å². The van der Waals surface area contributed by atoms with E-state index in [9.17, 15) is 9.50 Å². The lowest BCUT2D eigenvalue weighted by Crippen LogP contribution is -2.14. The number of anilines is 1. The van der Waals surface area contributed by atoms with Gasteiger partial charge in [-0.25, -0.2) is 9.37 Å². The van der Waals surface area contributed by atoms with Crippen molar-refractivity contribution in [2.75, 3.05) is 5.32 Å². The molecule has 0 aliphatic heterocycles. The normalized spacial score (nSPS) is 12.1. The van der Waals surface area contributed by atoms with Gasteiger partial charge in [0.05, 0.1) is 21.1 Å². The van der Waals surface area contributed by atoms with E-state index in [4.69, 9.17) is 34.8 Å². The first-order valence-corrected chi connectivity index (χ1v) is 9.66. The highest BCUT2D eigenvalue weighted by Crippen LogP contribution is 2.37. The first kappa shape index (κ1) is 19.7. The van der Waals surface area contributed by atoms with Crippen LogP contribution in [0.4, 0.5) is 10.2 Å². The summed E-state index contributed by atoms with van der Waals surface area (Å²) < 4.78 is 14.2. The molecular formula is C21H13Cl3FN3O. The number of phenols is 1. The van der Waals surface area contributed by atoms with Crippen molar-refractivity contribution < 1.29 is 9.50 Å². The lowest BCUT2D eigenvalue weighted by Gasteiger charge is -2.22. The summed E-state index contributed by atoms with van der Waals surface area (Å²) in [7, 11) is 0. The Hall–Kier alpha value is -2.60. The molecule has 2 aromatic heterocycles.